The summed E-state index contributed by atoms with van der Waals surface area (Å²) in [6, 6.07) is 19.6. The van der Waals surface area contributed by atoms with Gasteiger partial charge >= 0.3 is 0 Å². The normalized spacial score (nSPS) is 21.7. The molecule has 3 nitrogen and oxygen atoms in total. The number of aryl methyl sites for hydroxylation is 1. The number of piperazine rings is 1. The van der Waals surface area contributed by atoms with E-state index in [1.165, 1.54) is 12.1 Å². The topological polar surface area (TPSA) is 23.6 Å². The highest BCUT2D eigenvalue weighted by molar-refractivity contribution is 6.08. The van der Waals surface area contributed by atoms with Gasteiger partial charge in [0, 0.05) is 39.1 Å². The summed E-state index contributed by atoms with van der Waals surface area (Å²) in [5.41, 5.74) is 3.10. The van der Waals surface area contributed by atoms with Gasteiger partial charge < -0.3 is 0 Å². The van der Waals surface area contributed by atoms with Crippen molar-refractivity contribution in [2.45, 2.75) is 25.4 Å². The lowest BCUT2D eigenvalue weighted by Gasteiger charge is -2.45. The second-order valence-corrected chi connectivity index (χ2v) is 8.84. The monoisotopic (exact) mass is 432 g/mol. The third-order valence-corrected chi connectivity index (χ3v) is 7.02. The Kier molecular flexibility index (Phi) is 5.39. The summed E-state index contributed by atoms with van der Waals surface area (Å²) in [6.07, 6.45) is 0.478. The third kappa shape index (κ3) is 3.46. The highest BCUT2D eigenvalue weighted by Gasteiger charge is 2.52. The molecule has 0 radical (unpaired) electrons. The van der Waals surface area contributed by atoms with Crippen LogP contribution < -0.4 is 0 Å². The van der Waals surface area contributed by atoms with Crippen LogP contribution in [0.15, 0.2) is 66.7 Å². The van der Waals surface area contributed by atoms with Gasteiger partial charge in [0.2, 0.25) is 0 Å². The lowest BCUT2D eigenvalue weighted by molar-refractivity contribution is 0.0286. The Balaban J connectivity index is 1.42. The predicted octanol–water partition coefficient (Wildman–Crippen LogP) is 4.73. The number of fused-ring (bicyclic) bond motifs is 1. The quantitative estimate of drug-likeness (QED) is 0.596. The van der Waals surface area contributed by atoms with Crippen molar-refractivity contribution < 1.29 is 13.6 Å². The number of carbonyl (C=O) groups is 1. The number of hydrogen-bond donors (Lipinski definition) is 0. The first-order chi connectivity index (χ1) is 15.5. The van der Waals surface area contributed by atoms with Gasteiger partial charge in [0.25, 0.3) is 0 Å². The lowest BCUT2D eigenvalue weighted by atomic mass is 9.83. The number of rotatable bonds is 4. The van der Waals surface area contributed by atoms with Gasteiger partial charge in [0.05, 0.1) is 5.56 Å². The van der Waals surface area contributed by atoms with E-state index in [-0.39, 0.29) is 17.2 Å². The molecule has 164 valence electrons. The number of Topliss-reactive ketones (excluding diaryl/α,β-unsaturated/α-hetero) is 1. The Morgan fingerprint density at radius 2 is 1.66 bits per heavy atom. The van der Waals surface area contributed by atoms with E-state index >= 15 is 0 Å². The van der Waals surface area contributed by atoms with Crippen molar-refractivity contribution in [3.63, 3.8) is 0 Å². The molecule has 32 heavy (non-hydrogen) atoms. The number of hydrogen-bond acceptors (Lipinski definition) is 3. The molecule has 1 saturated heterocycles. The molecule has 1 fully saturated rings. The Morgan fingerprint density at radius 3 is 2.38 bits per heavy atom. The molecule has 5 rings (SSSR count). The minimum Gasteiger partial charge on any atom is -0.297 e. The molecule has 0 aromatic heterocycles. The van der Waals surface area contributed by atoms with E-state index < -0.39 is 11.4 Å². The van der Waals surface area contributed by atoms with Crippen molar-refractivity contribution >= 4 is 5.78 Å². The van der Waals surface area contributed by atoms with E-state index in [0.717, 1.165) is 35.3 Å². The van der Waals surface area contributed by atoms with Crippen molar-refractivity contribution in [1.82, 2.24) is 9.80 Å². The average molecular weight is 433 g/mol. The molecule has 1 aliphatic carbocycles. The molecule has 5 heteroatoms. The van der Waals surface area contributed by atoms with Gasteiger partial charge in [-0.25, -0.2) is 8.78 Å². The van der Waals surface area contributed by atoms with Crippen LogP contribution in [-0.2, 0) is 18.5 Å². The third-order valence-electron chi connectivity index (χ3n) is 7.02. The molecule has 1 heterocycles. The van der Waals surface area contributed by atoms with Gasteiger partial charge in [0.15, 0.2) is 5.78 Å². The van der Waals surface area contributed by atoms with Crippen LogP contribution in [0.5, 0.6) is 0 Å². The Morgan fingerprint density at radius 1 is 0.906 bits per heavy atom. The first kappa shape index (κ1) is 21.0. The molecular formula is C27H26F2N2O. The van der Waals surface area contributed by atoms with Crippen LogP contribution in [0, 0.1) is 18.6 Å². The fraction of sp³-hybridized carbons (Fsp3) is 0.296. The van der Waals surface area contributed by atoms with Gasteiger partial charge in [-0.05, 0) is 47.4 Å². The van der Waals surface area contributed by atoms with Crippen molar-refractivity contribution in [3.8, 4) is 0 Å². The van der Waals surface area contributed by atoms with E-state index in [9.17, 15) is 13.6 Å². The summed E-state index contributed by atoms with van der Waals surface area (Å²) in [5.74, 6) is -0.805. The molecule has 1 aliphatic heterocycles. The average Bonchev–Trinajstić information content (AvgIpc) is 3.12. The minimum atomic E-state index is -0.882. The SMILES string of the molecule is Cc1ccc(F)cc1CN1CCN(C2(c3ccccc3)Cc3cccc(F)c3C2=O)CC1. The van der Waals surface area contributed by atoms with E-state index in [2.05, 4.69) is 9.80 Å². The van der Waals surface area contributed by atoms with Gasteiger partial charge in [0.1, 0.15) is 17.2 Å². The molecule has 0 amide bonds. The largest absolute Gasteiger partial charge is 0.297 e. The highest BCUT2D eigenvalue weighted by Crippen LogP contribution is 2.43. The van der Waals surface area contributed by atoms with Crippen LogP contribution in [0.1, 0.15) is 32.6 Å². The van der Waals surface area contributed by atoms with E-state index in [1.807, 2.05) is 49.4 Å². The number of nitrogens with zero attached hydrogens (tertiary/aromatic N) is 2. The molecular weight excluding hydrogens is 406 g/mol. The molecule has 0 spiro atoms. The number of ketones is 1. The second-order valence-electron chi connectivity index (χ2n) is 8.84. The summed E-state index contributed by atoms with van der Waals surface area (Å²) in [4.78, 5) is 18.3. The van der Waals surface area contributed by atoms with Crippen molar-refractivity contribution in [3.05, 3.63) is 106 Å². The Hall–Kier alpha value is -2.89. The van der Waals surface area contributed by atoms with Crippen molar-refractivity contribution in [2.75, 3.05) is 26.2 Å². The molecule has 1 unspecified atom stereocenters. The summed E-state index contributed by atoms with van der Waals surface area (Å²) in [6.45, 7) is 5.57. The zero-order valence-electron chi connectivity index (χ0n) is 18.2. The van der Waals surface area contributed by atoms with E-state index in [0.29, 0.717) is 26.1 Å². The van der Waals surface area contributed by atoms with Gasteiger partial charge in [-0.15, -0.1) is 0 Å². The van der Waals surface area contributed by atoms with Gasteiger partial charge in [-0.2, -0.15) is 0 Å². The zero-order chi connectivity index (χ0) is 22.3. The molecule has 1 atom stereocenters. The molecule has 0 bridgehead atoms. The second kappa shape index (κ2) is 8.23. The summed E-state index contributed by atoms with van der Waals surface area (Å²) >= 11 is 0. The number of benzene rings is 3. The molecule has 3 aromatic rings. The van der Waals surface area contributed by atoms with Gasteiger partial charge in [-0.3, -0.25) is 14.6 Å². The first-order valence-electron chi connectivity index (χ1n) is 11.1. The maximum absolute atomic E-state index is 14.7. The maximum Gasteiger partial charge on any atom is 0.191 e. The highest BCUT2D eigenvalue weighted by atomic mass is 19.1. The van der Waals surface area contributed by atoms with Crippen molar-refractivity contribution in [1.29, 1.82) is 0 Å². The maximum atomic E-state index is 14.7. The summed E-state index contributed by atoms with van der Waals surface area (Å²) < 4.78 is 28.4. The smallest absolute Gasteiger partial charge is 0.191 e. The summed E-state index contributed by atoms with van der Waals surface area (Å²) in [7, 11) is 0. The fourth-order valence-corrected chi connectivity index (χ4v) is 5.26. The minimum absolute atomic E-state index is 0.147. The lowest BCUT2D eigenvalue weighted by Crippen LogP contribution is -2.58. The van der Waals surface area contributed by atoms with Crippen LogP contribution in [0.2, 0.25) is 0 Å². The number of carbonyl (C=O) groups excluding carboxylic acids is 1. The van der Waals surface area contributed by atoms with E-state index in [4.69, 9.17) is 0 Å². The molecule has 3 aromatic carbocycles. The molecule has 2 aliphatic rings. The standard InChI is InChI=1S/C27H26F2N2O/c1-19-10-11-23(28)16-21(19)18-30-12-14-31(15-13-30)27(22-7-3-2-4-8-22)17-20-6-5-9-24(29)25(20)26(27)32/h2-11,16H,12-15,17-18H2,1H3. The van der Waals surface area contributed by atoms with Crippen LogP contribution in [0.3, 0.4) is 0 Å². The van der Waals surface area contributed by atoms with Crippen molar-refractivity contribution in [2.24, 2.45) is 0 Å². The van der Waals surface area contributed by atoms with Crippen LogP contribution in [0.4, 0.5) is 8.78 Å². The fourth-order valence-electron chi connectivity index (χ4n) is 5.26. The number of halogens is 2. The van der Waals surface area contributed by atoms with Crippen LogP contribution in [0.25, 0.3) is 0 Å². The van der Waals surface area contributed by atoms with Gasteiger partial charge in [-0.1, -0.05) is 48.5 Å². The van der Waals surface area contributed by atoms with Crippen LogP contribution >= 0.6 is 0 Å². The Bertz CT molecular complexity index is 1160. The molecule has 0 saturated carbocycles. The zero-order valence-corrected chi connectivity index (χ0v) is 18.2. The molecule has 0 N–H and O–H groups in total. The predicted molar refractivity (Wildman–Crippen MR) is 121 cm³/mol. The van der Waals surface area contributed by atoms with Crippen LogP contribution in [-0.4, -0.2) is 41.8 Å². The Labute approximate surface area is 187 Å². The summed E-state index contributed by atoms with van der Waals surface area (Å²) in [5, 5.41) is 0. The first-order valence-corrected chi connectivity index (χ1v) is 11.1. The van der Waals surface area contributed by atoms with E-state index in [1.54, 1.807) is 12.1 Å².